The van der Waals surface area contributed by atoms with E-state index in [1.807, 2.05) is 0 Å². The topological polar surface area (TPSA) is 76.1 Å². The molecule has 1 atom stereocenters. The summed E-state index contributed by atoms with van der Waals surface area (Å²) in [5, 5.41) is 8.97. The van der Waals surface area contributed by atoms with Gasteiger partial charge in [0.05, 0.1) is 25.7 Å². The molecule has 1 amide bonds. The van der Waals surface area contributed by atoms with Crippen LogP contribution in [0.2, 0.25) is 0 Å². The Kier molecular flexibility index (Phi) is 4.35. The van der Waals surface area contributed by atoms with Crippen LogP contribution in [-0.4, -0.2) is 49.2 Å². The number of carboxylic acids is 1. The lowest BCUT2D eigenvalue weighted by atomic mass is 9.86. The molecule has 6 nitrogen and oxygen atoms in total. The third-order valence-corrected chi connectivity index (χ3v) is 3.93. The van der Waals surface area contributed by atoms with E-state index in [0.717, 1.165) is 0 Å². The predicted octanol–water partition coefficient (Wildman–Crippen LogP) is 1.50. The minimum Gasteiger partial charge on any atom is -0.493 e. The van der Waals surface area contributed by atoms with Crippen LogP contribution in [0.1, 0.15) is 17.3 Å². The van der Waals surface area contributed by atoms with E-state index in [-0.39, 0.29) is 11.8 Å². The number of ether oxygens (including phenoxy) is 2. The first-order valence-electron chi connectivity index (χ1n) is 6.72. The fourth-order valence-electron chi connectivity index (χ4n) is 2.42. The van der Waals surface area contributed by atoms with Crippen molar-refractivity contribution in [3.05, 3.63) is 23.8 Å². The Morgan fingerprint density at radius 3 is 2.48 bits per heavy atom. The van der Waals surface area contributed by atoms with E-state index in [4.69, 9.17) is 14.6 Å². The van der Waals surface area contributed by atoms with E-state index < -0.39 is 11.9 Å². The summed E-state index contributed by atoms with van der Waals surface area (Å²) in [4.78, 5) is 25.0. The highest BCUT2D eigenvalue weighted by Gasteiger charge is 2.38. The van der Waals surface area contributed by atoms with Crippen molar-refractivity contribution >= 4 is 11.9 Å². The second-order valence-corrected chi connectivity index (χ2v) is 5.14. The standard InChI is InChI=1S/C15H19NO5/c1-9(15(18)19)10-7-16(8-10)14(17)11-5-4-6-12(20-2)13(11)21-3/h4-6,9-10H,7-8H2,1-3H3,(H,18,19). The summed E-state index contributed by atoms with van der Waals surface area (Å²) < 4.78 is 10.4. The maximum Gasteiger partial charge on any atom is 0.306 e. The zero-order valence-corrected chi connectivity index (χ0v) is 12.3. The number of methoxy groups -OCH3 is 2. The number of amides is 1. The molecule has 1 aliphatic heterocycles. The van der Waals surface area contributed by atoms with Crippen molar-refractivity contribution in [1.82, 2.24) is 4.90 Å². The van der Waals surface area contributed by atoms with Gasteiger partial charge in [-0.3, -0.25) is 9.59 Å². The SMILES string of the molecule is COc1cccc(C(=O)N2CC(C(C)C(=O)O)C2)c1OC. The molecule has 1 unspecified atom stereocenters. The van der Waals surface area contributed by atoms with Crippen LogP contribution in [0, 0.1) is 11.8 Å². The lowest BCUT2D eigenvalue weighted by Crippen LogP contribution is -2.53. The van der Waals surface area contributed by atoms with E-state index in [2.05, 4.69) is 0 Å². The summed E-state index contributed by atoms with van der Waals surface area (Å²) in [5.74, 6) is -0.533. The number of carboxylic acid groups (broad SMARTS) is 1. The Morgan fingerprint density at radius 2 is 1.95 bits per heavy atom. The zero-order valence-electron chi connectivity index (χ0n) is 12.3. The number of carbonyl (C=O) groups is 2. The number of carbonyl (C=O) groups excluding carboxylic acids is 1. The molecule has 1 heterocycles. The molecule has 6 heteroatoms. The first-order chi connectivity index (χ1) is 9.99. The van der Waals surface area contributed by atoms with Gasteiger partial charge in [0.2, 0.25) is 0 Å². The largest absolute Gasteiger partial charge is 0.493 e. The van der Waals surface area contributed by atoms with Gasteiger partial charge in [-0.1, -0.05) is 13.0 Å². The molecule has 0 bridgehead atoms. The Bertz CT molecular complexity index is 551. The highest BCUT2D eigenvalue weighted by atomic mass is 16.5. The van der Waals surface area contributed by atoms with Crippen molar-refractivity contribution in [1.29, 1.82) is 0 Å². The van der Waals surface area contributed by atoms with Crippen molar-refractivity contribution in [2.45, 2.75) is 6.92 Å². The van der Waals surface area contributed by atoms with Gasteiger partial charge in [0.15, 0.2) is 11.5 Å². The van der Waals surface area contributed by atoms with E-state index in [0.29, 0.717) is 30.2 Å². The van der Waals surface area contributed by atoms with Gasteiger partial charge in [-0.15, -0.1) is 0 Å². The number of likely N-dealkylation sites (tertiary alicyclic amines) is 1. The van der Waals surface area contributed by atoms with Crippen molar-refractivity contribution in [2.75, 3.05) is 27.3 Å². The Labute approximate surface area is 123 Å². The Balaban J connectivity index is 2.11. The first kappa shape index (κ1) is 15.2. The first-order valence-corrected chi connectivity index (χ1v) is 6.72. The summed E-state index contributed by atoms with van der Waals surface area (Å²) >= 11 is 0. The summed E-state index contributed by atoms with van der Waals surface area (Å²) in [6, 6.07) is 5.13. The van der Waals surface area contributed by atoms with Crippen molar-refractivity contribution in [2.24, 2.45) is 11.8 Å². The van der Waals surface area contributed by atoms with Gasteiger partial charge >= 0.3 is 5.97 Å². The van der Waals surface area contributed by atoms with Gasteiger partial charge in [-0.25, -0.2) is 0 Å². The highest BCUT2D eigenvalue weighted by molar-refractivity contribution is 5.98. The number of benzene rings is 1. The summed E-state index contributed by atoms with van der Waals surface area (Å²) in [6.07, 6.45) is 0. The smallest absolute Gasteiger partial charge is 0.306 e. The average molecular weight is 293 g/mol. The third kappa shape index (κ3) is 2.79. The molecule has 1 aromatic rings. The molecule has 1 fully saturated rings. The van der Waals surface area contributed by atoms with Gasteiger partial charge in [0.1, 0.15) is 0 Å². The highest BCUT2D eigenvalue weighted by Crippen LogP contribution is 2.33. The normalized spacial score (nSPS) is 16.0. The van der Waals surface area contributed by atoms with Crippen LogP contribution in [0.5, 0.6) is 11.5 Å². The number of aliphatic carboxylic acids is 1. The number of rotatable bonds is 5. The van der Waals surface area contributed by atoms with Crippen LogP contribution in [0.4, 0.5) is 0 Å². The molecule has 0 aromatic heterocycles. The lowest BCUT2D eigenvalue weighted by Gasteiger charge is -2.41. The van der Waals surface area contributed by atoms with Crippen LogP contribution in [0.15, 0.2) is 18.2 Å². The Morgan fingerprint density at radius 1 is 1.29 bits per heavy atom. The maximum absolute atomic E-state index is 12.5. The number of nitrogens with zero attached hydrogens (tertiary/aromatic N) is 1. The number of hydrogen-bond acceptors (Lipinski definition) is 4. The molecule has 2 rings (SSSR count). The van der Waals surface area contributed by atoms with Crippen molar-refractivity contribution in [3.63, 3.8) is 0 Å². The molecule has 0 aliphatic carbocycles. The third-order valence-electron chi connectivity index (χ3n) is 3.93. The van der Waals surface area contributed by atoms with Crippen LogP contribution in [-0.2, 0) is 4.79 Å². The molecule has 1 aliphatic rings. The monoisotopic (exact) mass is 293 g/mol. The summed E-state index contributed by atoms with van der Waals surface area (Å²) in [7, 11) is 3.00. The molecule has 0 radical (unpaired) electrons. The fourth-order valence-corrected chi connectivity index (χ4v) is 2.42. The average Bonchev–Trinajstić information content (AvgIpc) is 2.44. The Hall–Kier alpha value is -2.24. The predicted molar refractivity (Wildman–Crippen MR) is 75.7 cm³/mol. The van der Waals surface area contributed by atoms with Crippen LogP contribution < -0.4 is 9.47 Å². The van der Waals surface area contributed by atoms with Crippen molar-refractivity contribution < 1.29 is 24.2 Å². The number of hydrogen-bond donors (Lipinski definition) is 1. The van der Waals surface area contributed by atoms with E-state index in [1.165, 1.54) is 14.2 Å². The van der Waals surface area contributed by atoms with Crippen LogP contribution in [0.25, 0.3) is 0 Å². The molecular formula is C15H19NO5. The van der Waals surface area contributed by atoms with Crippen molar-refractivity contribution in [3.8, 4) is 11.5 Å². The molecule has 0 saturated carbocycles. The number of para-hydroxylation sites is 1. The molecule has 1 aromatic carbocycles. The molecule has 1 N–H and O–H groups in total. The lowest BCUT2D eigenvalue weighted by molar-refractivity contribution is -0.144. The zero-order chi connectivity index (χ0) is 15.6. The molecule has 1 saturated heterocycles. The second-order valence-electron chi connectivity index (χ2n) is 5.14. The molecular weight excluding hydrogens is 274 g/mol. The summed E-state index contributed by atoms with van der Waals surface area (Å²) in [5.41, 5.74) is 0.429. The van der Waals surface area contributed by atoms with Gasteiger partial charge < -0.3 is 19.5 Å². The maximum atomic E-state index is 12.5. The van der Waals surface area contributed by atoms with Gasteiger partial charge in [-0.2, -0.15) is 0 Å². The van der Waals surface area contributed by atoms with Crippen LogP contribution >= 0.6 is 0 Å². The van der Waals surface area contributed by atoms with E-state index >= 15 is 0 Å². The van der Waals surface area contributed by atoms with E-state index in [9.17, 15) is 9.59 Å². The fraction of sp³-hybridized carbons (Fsp3) is 0.467. The summed E-state index contributed by atoms with van der Waals surface area (Å²) in [6.45, 7) is 2.57. The van der Waals surface area contributed by atoms with Gasteiger partial charge in [0, 0.05) is 19.0 Å². The minimum absolute atomic E-state index is 0.00283. The molecule has 21 heavy (non-hydrogen) atoms. The van der Waals surface area contributed by atoms with Crippen LogP contribution in [0.3, 0.4) is 0 Å². The van der Waals surface area contributed by atoms with Gasteiger partial charge in [0.25, 0.3) is 5.91 Å². The van der Waals surface area contributed by atoms with E-state index in [1.54, 1.807) is 30.0 Å². The van der Waals surface area contributed by atoms with Gasteiger partial charge in [-0.05, 0) is 12.1 Å². The minimum atomic E-state index is -0.828. The second kappa shape index (κ2) is 6.03. The molecule has 0 spiro atoms. The quantitative estimate of drug-likeness (QED) is 0.890. The molecule has 114 valence electrons.